The Labute approximate surface area is 114 Å². The minimum Gasteiger partial charge on any atom is -0.347 e. The fraction of sp³-hybridized carbons (Fsp3) is 0.455. The molecule has 7 heteroatoms. The minimum atomic E-state index is -0.306. The topological polar surface area (TPSA) is 75.8 Å². The monoisotopic (exact) mass is 312 g/mol. The molecule has 1 unspecified atom stereocenters. The summed E-state index contributed by atoms with van der Waals surface area (Å²) in [4.78, 5) is 9.34. The predicted molar refractivity (Wildman–Crippen MR) is 73.1 cm³/mol. The molecule has 0 saturated carbocycles. The van der Waals surface area contributed by atoms with E-state index in [2.05, 4.69) is 35.9 Å². The van der Waals surface area contributed by atoms with Crippen molar-refractivity contribution in [1.82, 2.24) is 24.6 Å². The molecule has 2 aromatic heterocycles. The zero-order valence-corrected chi connectivity index (χ0v) is 12.1. The first kappa shape index (κ1) is 13.3. The van der Waals surface area contributed by atoms with Crippen molar-refractivity contribution >= 4 is 15.9 Å². The first-order valence-electron chi connectivity index (χ1n) is 5.70. The van der Waals surface area contributed by atoms with Gasteiger partial charge in [-0.05, 0) is 30.0 Å². The number of aromatic nitrogens is 4. The normalized spacial score (nSPS) is 13.2. The molecule has 0 saturated heterocycles. The number of hydrogen-bond donors (Lipinski definition) is 2. The number of halogens is 1. The van der Waals surface area contributed by atoms with Crippen molar-refractivity contribution in [2.75, 3.05) is 20.6 Å². The van der Waals surface area contributed by atoms with E-state index in [0.29, 0.717) is 0 Å². The summed E-state index contributed by atoms with van der Waals surface area (Å²) in [6, 6.07) is -0.306. The Kier molecular flexibility index (Phi) is 4.15. The van der Waals surface area contributed by atoms with Gasteiger partial charge in [0, 0.05) is 18.9 Å². The summed E-state index contributed by atoms with van der Waals surface area (Å²) in [6.07, 6.45) is 5.24. The summed E-state index contributed by atoms with van der Waals surface area (Å²) in [5.41, 5.74) is 7.15. The summed E-state index contributed by atoms with van der Waals surface area (Å²) in [5.74, 6) is 0.738. The second-order valence-electron chi connectivity index (χ2n) is 4.36. The third-order valence-corrected chi connectivity index (χ3v) is 3.31. The van der Waals surface area contributed by atoms with Gasteiger partial charge in [0.2, 0.25) is 0 Å². The van der Waals surface area contributed by atoms with Gasteiger partial charge >= 0.3 is 0 Å². The summed E-state index contributed by atoms with van der Waals surface area (Å²) in [5, 5.41) is 4.34. The lowest BCUT2D eigenvalue weighted by atomic mass is 10.2. The fourth-order valence-corrected chi connectivity index (χ4v) is 2.27. The molecule has 1 atom stereocenters. The lowest BCUT2D eigenvalue weighted by Crippen LogP contribution is -2.24. The molecule has 3 N–H and O–H groups in total. The Morgan fingerprint density at radius 2 is 2.33 bits per heavy atom. The van der Waals surface area contributed by atoms with Gasteiger partial charge in [-0.2, -0.15) is 5.10 Å². The number of likely N-dealkylation sites (N-methyl/N-ethyl adjacent to an activating group) is 1. The lowest BCUT2D eigenvalue weighted by Gasteiger charge is -2.15. The second-order valence-corrected chi connectivity index (χ2v) is 5.21. The average molecular weight is 313 g/mol. The van der Waals surface area contributed by atoms with Crippen molar-refractivity contribution < 1.29 is 0 Å². The standard InChI is InChI=1S/C11H17BrN6/c1-17(2)5-6-18-10(8(12)7-16-18)9(13)11-14-3-4-15-11/h3-4,7,9H,5-6,13H2,1-2H3,(H,14,15). The third kappa shape index (κ3) is 2.80. The van der Waals surface area contributed by atoms with Crippen molar-refractivity contribution in [1.29, 1.82) is 0 Å². The number of nitrogens with two attached hydrogens (primary N) is 1. The molecular formula is C11H17BrN6. The van der Waals surface area contributed by atoms with E-state index in [-0.39, 0.29) is 6.04 Å². The zero-order chi connectivity index (χ0) is 13.1. The van der Waals surface area contributed by atoms with Gasteiger partial charge in [0.1, 0.15) is 11.9 Å². The molecule has 0 amide bonds. The Morgan fingerprint density at radius 1 is 1.56 bits per heavy atom. The Balaban J connectivity index is 2.23. The molecule has 6 nitrogen and oxygen atoms in total. The van der Waals surface area contributed by atoms with E-state index in [4.69, 9.17) is 5.73 Å². The quantitative estimate of drug-likeness (QED) is 0.863. The maximum Gasteiger partial charge on any atom is 0.129 e. The predicted octanol–water partition coefficient (Wildman–Crippen LogP) is 0.978. The second kappa shape index (κ2) is 5.64. The van der Waals surface area contributed by atoms with E-state index in [1.54, 1.807) is 18.6 Å². The highest BCUT2D eigenvalue weighted by molar-refractivity contribution is 9.10. The van der Waals surface area contributed by atoms with Crippen LogP contribution in [0.3, 0.4) is 0 Å². The van der Waals surface area contributed by atoms with Crippen LogP contribution in [0.2, 0.25) is 0 Å². The Hall–Kier alpha value is -1.18. The van der Waals surface area contributed by atoms with Crippen LogP contribution >= 0.6 is 15.9 Å². The summed E-state index contributed by atoms with van der Waals surface area (Å²) >= 11 is 3.49. The lowest BCUT2D eigenvalue weighted by molar-refractivity contribution is 0.367. The molecule has 2 rings (SSSR count). The molecule has 2 aromatic rings. The molecule has 98 valence electrons. The van der Waals surface area contributed by atoms with Gasteiger partial charge in [0.15, 0.2) is 0 Å². The average Bonchev–Trinajstić information content (AvgIpc) is 2.94. The molecular weight excluding hydrogens is 296 g/mol. The molecule has 2 heterocycles. The van der Waals surface area contributed by atoms with Crippen LogP contribution in [0.1, 0.15) is 17.6 Å². The highest BCUT2D eigenvalue weighted by Gasteiger charge is 2.19. The maximum absolute atomic E-state index is 6.22. The molecule has 0 spiro atoms. The SMILES string of the molecule is CN(C)CCn1ncc(Br)c1C(N)c1ncc[nH]1. The van der Waals surface area contributed by atoms with Gasteiger partial charge in [0.25, 0.3) is 0 Å². The largest absolute Gasteiger partial charge is 0.347 e. The van der Waals surface area contributed by atoms with E-state index in [0.717, 1.165) is 29.1 Å². The Morgan fingerprint density at radius 3 is 2.94 bits per heavy atom. The van der Waals surface area contributed by atoms with Gasteiger partial charge in [-0.25, -0.2) is 4.98 Å². The first-order chi connectivity index (χ1) is 8.59. The maximum atomic E-state index is 6.22. The van der Waals surface area contributed by atoms with Crippen molar-refractivity contribution in [3.63, 3.8) is 0 Å². The van der Waals surface area contributed by atoms with Crippen LogP contribution in [0.5, 0.6) is 0 Å². The molecule has 18 heavy (non-hydrogen) atoms. The van der Waals surface area contributed by atoms with E-state index in [1.165, 1.54) is 0 Å². The minimum absolute atomic E-state index is 0.306. The van der Waals surface area contributed by atoms with Crippen LogP contribution in [-0.4, -0.2) is 45.3 Å². The molecule has 0 aromatic carbocycles. The van der Waals surface area contributed by atoms with Crippen LogP contribution in [-0.2, 0) is 6.54 Å². The van der Waals surface area contributed by atoms with Crippen LogP contribution in [0.4, 0.5) is 0 Å². The van der Waals surface area contributed by atoms with Crippen molar-refractivity contribution in [2.24, 2.45) is 5.73 Å². The number of hydrogen-bond acceptors (Lipinski definition) is 4. The first-order valence-corrected chi connectivity index (χ1v) is 6.49. The number of nitrogens with zero attached hydrogens (tertiary/aromatic N) is 4. The highest BCUT2D eigenvalue weighted by atomic mass is 79.9. The molecule has 0 aliphatic carbocycles. The van der Waals surface area contributed by atoms with Crippen LogP contribution in [0.25, 0.3) is 0 Å². The number of rotatable bonds is 5. The fourth-order valence-electron chi connectivity index (χ4n) is 1.73. The van der Waals surface area contributed by atoms with Crippen LogP contribution in [0, 0.1) is 0 Å². The number of nitrogens with one attached hydrogen (secondary N) is 1. The molecule has 0 fully saturated rings. The van der Waals surface area contributed by atoms with Crippen molar-refractivity contribution in [2.45, 2.75) is 12.6 Å². The van der Waals surface area contributed by atoms with Gasteiger partial charge < -0.3 is 15.6 Å². The van der Waals surface area contributed by atoms with Crippen molar-refractivity contribution in [3.05, 3.63) is 34.6 Å². The summed E-state index contributed by atoms with van der Waals surface area (Å²) in [7, 11) is 4.06. The zero-order valence-electron chi connectivity index (χ0n) is 10.5. The molecule has 0 aliphatic heterocycles. The Bertz CT molecular complexity index is 490. The highest BCUT2D eigenvalue weighted by Crippen LogP contribution is 2.24. The van der Waals surface area contributed by atoms with E-state index in [9.17, 15) is 0 Å². The van der Waals surface area contributed by atoms with Gasteiger partial charge in [-0.15, -0.1) is 0 Å². The van der Waals surface area contributed by atoms with Gasteiger partial charge in [-0.1, -0.05) is 0 Å². The van der Waals surface area contributed by atoms with Gasteiger partial charge in [0.05, 0.1) is 22.9 Å². The molecule has 0 radical (unpaired) electrons. The number of imidazole rings is 1. The van der Waals surface area contributed by atoms with E-state index in [1.807, 2.05) is 18.8 Å². The van der Waals surface area contributed by atoms with E-state index >= 15 is 0 Å². The number of aromatic amines is 1. The summed E-state index contributed by atoms with van der Waals surface area (Å²) in [6.45, 7) is 1.70. The number of H-pyrrole nitrogens is 1. The van der Waals surface area contributed by atoms with Gasteiger partial charge in [-0.3, -0.25) is 4.68 Å². The van der Waals surface area contributed by atoms with Crippen LogP contribution < -0.4 is 5.73 Å². The van der Waals surface area contributed by atoms with E-state index < -0.39 is 0 Å². The smallest absolute Gasteiger partial charge is 0.129 e. The van der Waals surface area contributed by atoms with Crippen molar-refractivity contribution in [3.8, 4) is 0 Å². The summed E-state index contributed by atoms with van der Waals surface area (Å²) < 4.78 is 2.82. The third-order valence-electron chi connectivity index (χ3n) is 2.70. The molecule has 0 aliphatic rings. The van der Waals surface area contributed by atoms with Crippen LogP contribution in [0.15, 0.2) is 23.1 Å². The molecule has 0 bridgehead atoms.